The second-order valence-corrected chi connectivity index (χ2v) is 5.03. The van der Waals surface area contributed by atoms with Crippen LogP contribution in [0.2, 0.25) is 0 Å². The van der Waals surface area contributed by atoms with Crippen LogP contribution in [0.5, 0.6) is 0 Å². The van der Waals surface area contributed by atoms with E-state index in [1.165, 1.54) is 11.1 Å². The van der Waals surface area contributed by atoms with Crippen molar-refractivity contribution in [2.45, 2.75) is 33.1 Å². The maximum Gasteiger partial charge on any atom is 0.253 e. The normalized spacial score (nSPS) is 11.0. The topological polar surface area (TPSA) is 42.0 Å². The number of pyridine rings is 1. The third-order valence-electron chi connectivity index (χ3n) is 3.44. The molecule has 0 aliphatic carbocycles. The van der Waals surface area contributed by atoms with Gasteiger partial charge in [-0.05, 0) is 41.7 Å². The van der Waals surface area contributed by atoms with E-state index in [2.05, 4.69) is 37.1 Å². The third kappa shape index (κ3) is 2.46. The lowest BCUT2D eigenvalue weighted by molar-refractivity contribution is 0.0964. The molecule has 2 rings (SSSR count). The van der Waals surface area contributed by atoms with Crippen LogP contribution in [0.25, 0.3) is 10.9 Å². The smallest absolute Gasteiger partial charge is 0.253 e. The van der Waals surface area contributed by atoms with Gasteiger partial charge in [-0.1, -0.05) is 20.8 Å². The van der Waals surface area contributed by atoms with Crippen molar-refractivity contribution in [2.75, 3.05) is 7.05 Å². The van der Waals surface area contributed by atoms with Gasteiger partial charge in [0.25, 0.3) is 5.91 Å². The van der Waals surface area contributed by atoms with E-state index in [0.29, 0.717) is 11.5 Å². The number of amides is 1. The summed E-state index contributed by atoms with van der Waals surface area (Å²) >= 11 is 0. The van der Waals surface area contributed by atoms with Crippen molar-refractivity contribution in [3.63, 3.8) is 0 Å². The van der Waals surface area contributed by atoms with E-state index in [9.17, 15) is 4.79 Å². The van der Waals surface area contributed by atoms with Gasteiger partial charge in [-0.2, -0.15) is 0 Å². The molecular formula is C16H20N2O. The molecule has 0 radical (unpaired) electrons. The summed E-state index contributed by atoms with van der Waals surface area (Å²) in [6.07, 6.45) is 2.70. The van der Waals surface area contributed by atoms with E-state index < -0.39 is 0 Å². The minimum absolute atomic E-state index is 0.0753. The number of rotatable bonds is 3. The Bertz CT molecular complexity index is 617. The summed E-state index contributed by atoms with van der Waals surface area (Å²) in [4.78, 5) is 16.4. The summed E-state index contributed by atoms with van der Waals surface area (Å²) in [5, 5.41) is 3.79. The van der Waals surface area contributed by atoms with Gasteiger partial charge in [0.2, 0.25) is 0 Å². The van der Waals surface area contributed by atoms with Crippen molar-refractivity contribution in [1.82, 2.24) is 10.3 Å². The molecule has 0 spiro atoms. The number of fused-ring (bicyclic) bond motifs is 1. The van der Waals surface area contributed by atoms with Crippen LogP contribution in [0.15, 0.2) is 24.4 Å². The van der Waals surface area contributed by atoms with Crippen molar-refractivity contribution in [1.29, 1.82) is 0 Å². The predicted molar refractivity (Wildman–Crippen MR) is 78.6 cm³/mol. The van der Waals surface area contributed by atoms with Crippen molar-refractivity contribution < 1.29 is 4.79 Å². The maximum atomic E-state index is 12.0. The lowest BCUT2D eigenvalue weighted by atomic mass is 9.94. The molecule has 0 aliphatic heterocycles. The van der Waals surface area contributed by atoms with Crippen LogP contribution in [-0.4, -0.2) is 17.9 Å². The first kappa shape index (κ1) is 13.5. The molecular weight excluding hydrogens is 236 g/mol. The maximum absolute atomic E-state index is 12.0. The van der Waals surface area contributed by atoms with E-state index in [4.69, 9.17) is 0 Å². The summed E-state index contributed by atoms with van der Waals surface area (Å²) in [5.74, 6) is 0.337. The van der Waals surface area contributed by atoms with Gasteiger partial charge < -0.3 is 5.32 Å². The fraction of sp³-hybridized carbons (Fsp3) is 0.375. The molecule has 2 aromatic rings. The fourth-order valence-electron chi connectivity index (χ4n) is 2.35. The molecule has 0 saturated carbocycles. The zero-order valence-corrected chi connectivity index (χ0v) is 11.9. The van der Waals surface area contributed by atoms with Crippen LogP contribution < -0.4 is 5.32 Å². The molecule has 0 atom stereocenters. The number of nitrogens with zero attached hydrogens (tertiary/aromatic N) is 1. The summed E-state index contributed by atoms with van der Waals surface area (Å²) in [6, 6.07) is 6.14. The van der Waals surface area contributed by atoms with Crippen molar-refractivity contribution in [3.05, 3.63) is 41.1 Å². The van der Waals surface area contributed by atoms with Crippen molar-refractivity contribution >= 4 is 16.8 Å². The lowest BCUT2D eigenvalue weighted by Gasteiger charge is -2.13. The van der Waals surface area contributed by atoms with Crippen LogP contribution >= 0.6 is 0 Å². The highest BCUT2D eigenvalue weighted by Crippen LogP contribution is 2.27. The van der Waals surface area contributed by atoms with Crippen LogP contribution in [0.4, 0.5) is 0 Å². The Morgan fingerprint density at radius 3 is 2.68 bits per heavy atom. The molecule has 19 heavy (non-hydrogen) atoms. The molecule has 0 bridgehead atoms. The van der Waals surface area contributed by atoms with E-state index in [-0.39, 0.29) is 5.91 Å². The number of nitrogens with one attached hydrogen (secondary N) is 1. The Morgan fingerprint density at radius 2 is 2.11 bits per heavy atom. The highest BCUT2D eigenvalue weighted by atomic mass is 16.1. The Balaban J connectivity index is 2.82. The van der Waals surface area contributed by atoms with Gasteiger partial charge in [-0.25, -0.2) is 0 Å². The van der Waals surface area contributed by atoms with Crippen LogP contribution in [-0.2, 0) is 6.42 Å². The highest BCUT2D eigenvalue weighted by Gasteiger charge is 2.14. The van der Waals surface area contributed by atoms with Crippen LogP contribution in [0.1, 0.15) is 48.2 Å². The van der Waals surface area contributed by atoms with Crippen molar-refractivity contribution in [3.8, 4) is 0 Å². The SMILES string of the molecule is CCc1cc(C(=O)NC)c2nccc(C(C)C)c2c1. The van der Waals surface area contributed by atoms with Gasteiger partial charge in [0.05, 0.1) is 11.1 Å². The van der Waals surface area contributed by atoms with Crippen LogP contribution in [0.3, 0.4) is 0 Å². The number of carbonyl (C=O) groups is 1. The molecule has 1 aromatic heterocycles. The summed E-state index contributed by atoms with van der Waals surface area (Å²) in [5.41, 5.74) is 3.87. The van der Waals surface area contributed by atoms with E-state index >= 15 is 0 Å². The minimum atomic E-state index is -0.0753. The average molecular weight is 256 g/mol. The first-order valence-electron chi connectivity index (χ1n) is 6.72. The summed E-state index contributed by atoms with van der Waals surface area (Å²) < 4.78 is 0. The number of hydrogen-bond acceptors (Lipinski definition) is 2. The molecule has 0 aliphatic rings. The molecule has 0 unspecified atom stereocenters. The van der Waals surface area contributed by atoms with Gasteiger partial charge >= 0.3 is 0 Å². The van der Waals surface area contributed by atoms with Gasteiger partial charge in [0.15, 0.2) is 0 Å². The average Bonchev–Trinajstić information content (AvgIpc) is 2.44. The summed E-state index contributed by atoms with van der Waals surface area (Å²) in [7, 11) is 1.65. The number of benzene rings is 1. The first-order valence-corrected chi connectivity index (χ1v) is 6.72. The predicted octanol–water partition coefficient (Wildman–Crippen LogP) is 3.28. The molecule has 1 N–H and O–H groups in total. The van der Waals surface area contributed by atoms with Gasteiger partial charge in [-0.3, -0.25) is 9.78 Å². The third-order valence-corrected chi connectivity index (χ3v) is 3.44. The quantitative estimate of drug-likeness (QED) is 0.915. The fourth-order valence-corrected chi connectivity index (χ4v) is 2.35. The summed E-state index contributed by atoms with van der Waals surface area (Å²) in [6.45, 7) is 6.42. The van der Waals surface area contributed by atoms with Crippen molar-refractivity contribution in [2.24, 2.45) is 0 Å². The molecule has 3 heteroatoms. The van der Waals surface area contributed by atoms with Gasteiger partial charge in [0.1, 0.15) is 0 Å². The Kier molecular flexibility index (Phi) is 3.84. The molecule has 1 aromatic carbocycles. The molecule has 1 amide bonds. The van der Waals surface area contributed by atoms with E-state index in [0.717, 1.165) is 17.3 Å². The molecule has 1 heterocycles. The zero-order valence-electron chi connectivity index (χ0n) is 11.9. The number of aromatic nitrogens is 1. The number of hydrogen-bond donors (Lipinski definition) is 1. The molecule has 0 fully saturated rings. The first-order chi connectivity index (χ1) is 9.08. The van der Waals surface area contributed by atoms with Gasteiger partial charge in [-0.15, -0.1) is 0 Å². The Labute approximate surface area is 114 Å². The molecule has 0 saturated heterocycles. The molecule has 100 valence electrons. The second-order valence-electron chi connectivity index (χ2n) is 5.03. The monoisotopic (exact) mass is 256 g/mol. The Morgan fingerprint density at radius 1 is 1.37 bits per heavy atom. The van der Waals surface area contributed by atoms with E-state index in [1.807, 2.05) is 12.1 Å². The number of carbonyl (C=O) groups excluding carboxylic acids is 1. The number of aryl methyl sites for hydroxylation is 1. The minimum Gasteiger partial charge on any atom is -0.355 e. The highest BCUT2D eigenvalue weighted by molar-refractivity contribution is 6.06. The largest absolute Gasteiger partial charge is 0.355 e. The standard InChI is InChI=1S/C16H20N2O/c1-5-11-8-13-12(10(2)3)6-7-18-15(13)14(9-11)16(19)17-4/h6-10H,5H2,1-4H3,(H,17,19). The lowest BCUT2D eigenvalue weighted by Crippen LogP contribution is -2.19. The second kappa shape index (κ2) is 5.39. The zero-order chi connectivity index (χ0) is 14.0. The van der Waals surface area contributed by atoms with Crippen LogP contribution in [0, 0.1) is 0 Å². The Hall–Kier alpha value is -1.90. The van der Waals surface area contributed by atoms with E-state index in [1.54, 1.807) is 13.2 Å². The molecule has 3 nitrogen and oxygen atoms in total. The van der Waals surface area contributed by atoms with Gasteiger partial charge in [0, 0.05) is 18.6 Å².